The van der Waals surface area contributed by atoms with Gasteiger partial charge in [0.15, 0.2) is 5.43 Å². The molecule has 3 aromatic carbocycles. The molecule has 4 nitrogen and oxygen atoms in total. The van der Waals surface area contributed by atoms with Gasteiger partial charge in [0.05, 0.1) is 16.5 Å². The molecule has 0 radical (unpaired) electrons. The van der Waals surface area contributed by atoms with E-state index in [2.05, 4.69) is 15.9 Å². The number of rotatable bonds is 3. The maximum Gasteiger partial charge on any atom is 0.343 e. The van der Waals surface area contributed by atoms with E-state index in [1.807, 2.05) is 37.3 Å². The number of esters is 1. The van der Waals surface area contributed by atoms with Crippen LogP contribution >= 0.6 is 15.9 Å². The lowest BCUT2D eigenvalue weighted by molar-refractivity contribution is 0.0735. The summed E-state index contributed by atoms with van der Waals surface area (Å²) >= 11 is 3.38. The zero-order chi connectivity index (χ0) is 19.7. The number of carbonyl (C=O) groups is 1. The van der Waals surface area contributed by atoms with E-state index in [4.69, 9.17) is 9.15 Å². The summed E-state index contributed by atoms with van der Waals surface area (Å²) in [5.74, 6) is -0.143. The van der Waals surface area contributed by atoms with Gasteiger partial charge in [-0.05, 0) is 48.9 Å². The van der Waals surface area contributed by atoms with Crippen molar-refractivity contribution in [2.45, 2.75) is 6.92 Å². The van der Waals surface area contributed by atoms with Crippen LogP contribution < -0.4 is 10.2 Å². The molecule has 0 saturated heterocycles. The maximum absolute atomic E-state index is 12.8. The Labute approximate surface area is 169 Å². The number of aryl methyl sites for hydroxylation is 1. The molecule has 0 aliphatic carbocycles. The van der Waals surface area contributed by atoms with Gasteiger partial charge in [0.2, 0.25) is 0 Å². The number of ether oxygens (including phenoxy) is 1. The van der Waals surface area contributed by atoms with Gasteiger partial charge in [-0.2, -0.15) is 0 Å². The smallest absolute Gasteiger partial charge is 0.343 e. The van der Waals surface area contributed by atoms with Crippen LogP contribution in [0.3, 0.4) is 0 Å². The van der Waals surface area contributed by atoms with Gasteiger partial charge < -0.3 is 9.15 Å². The van der Waals surface area contributed by atoms with Gasteiger partial charge in [0, 0.05) is 10.5 Å². The molecule has 5 heteroatoms. The second-order valence-electron chi connectivity index (χ2n) is 6.40. The van der Waals surface area contributed by atoms with Crippen LogP contribution in [0.15, 0.2) is 86.7 Å². The third-order valence-electron chi connectivity index (χ3n) is 4.37. The minimum Gasteiger partial charge on any atom is -0.463 e. The summed E-state index contributed by atoms with van der Waals surface area (Å²) in [6.07, 6.45) is 1.43. The molecule has 0 aliphatic rings. The minimum absolute atomic E-state index is 0.139. The molecule has 0 amide bonds. The third-order valence-corrected chi connectivity index (χ3v) is 4.89. The van der Waals surface area contributed by atoms with Gasteiger partial charge in [0.1, 0.15) is 17.6 Å². The zero-order valence-corrected chi connectivity index (χ0v) is 16.5. The molecule has 0 fully saturated rings. The van der Waals surface area contributed by atoms with Crippen LogP contribution in [0.25, 0.3) is 22.1 Å². The highest BCUT2D eigenvalue weighted by Gasteiger charge is 2.13. The van der Waals surface area contributed by atoms with Crippen molar-refractivity contribution in [1.82, 2.24) is 0 Å². The average molecular weight is 435 g/mol. The summed E-state index contributed by atoms with van der Waals surface area (Å²) in [6.45, 7) is 1.91. The minimum atomic E-state index is -0.461. The summed E-state index contributed by atoms with van der Waals surface area (Å²) in [5, 5.41) is 0.427. The number of carbonyl (C=O) groups excluding carboxylic acids is 1. The Balaban J connectivity index is 1.67. The van der Waals surface area contributed by atoms with E-state index in [0.29, 0.717) is 27.8 Å². The molecule has 0 spiro atoms. The third kappa shape index (κ3) is 3.62. The van der Waals surface area contributed by atoms with Crippen molar-refractivity contribution in [3.05, 3.63) is 98.8 Å². The highest BCUT2D eigenvalue weighted by molar-refractivity contribution is 9.10. The standard InChI is InChI=1S/C23H15BrO4/c1-14-3-2-4-16(11-14)23(26)28-18-9-10-19-21(12-18)27-13-20(22(19)25)15-5-7-17(24)8-6-15/h2-13H,1H3. The first-order valence-electron chi connectivity index (χ1n) is 8.61. The van der Waals surface area contributed by atoms with E-state index in [1.54, 1.807) is 36.4 Å². The van der Waals surface area contributed by atoms with E-state index >= 15 is 0 Å². The van der Waals surface area contributed by atoms with Gasteiger partial charge in [-0.15, -0.1) is 0 Å². The molecule has 1 heterocycles. The molecular formula is C23H15BrO4. The molecule has 1 aromatic heterocycles. The predicted molar refractivity (Wildman–Crippen MR) is 112 cm³/mol. The van der Waals surface area contributed by atoms with E-state index in [1.165, 1.54) is 6.26 Å². The van der Waals surface area contributed by atoms with Crippen LogP contribution in [-0.4, -0.2) is 5.97 Å². The second kappa shape index (κ2) is 7.44. The number of fused-ring (bicyclic) bond motifs is 1. The molecule has 0 unspecified atom stereocenters. The van der Waals surface area contributed by atoms with Crippen molar-refractivity contribution < 1.29 is 13.9 Å². The first-order chi connectivity index (χ1) is 13.5. The molecule has 0 N–H and O–H groups in total. The van der Waals surface area contributed by atoms with Gasteiger partial charge in [-0.3, -0.25) is 4.79 Å². The highest BCUT2D eigenvalue weighted by atomic mass is 79.9. The second-order valence-corrected chi connectivity index (χ2v) is 7.32. The van der Waals surface area contributed by atoms with Crippen LogP contribution in [0.1, 0.15) is 15.9 Å². The molecule has 4 aromatic rings. The van der Waals surface area contributed by atoms with E-state index in [9.17, 15) is 9.59 Å². The molecule has 0 bridgehead atoms. The highest BCUT2D eigenvalue weighted by Crippen LogP contribution is 2.24. The maximum atomic E-state index is 12.8. The summed E-state index contributed by atoms with van der Waals surface area (Å²) in [4.78, 5) is 25.1. The van der Waals surface area contributed by atoms with Gasteiger partial charge in [-0.25, -0.2) is 4.79 Å². The Kier molecular flexibility index (Phi) is 4.84. The van der Waals surface area contributed by atoms with Crippen molar-refractivity contribution in [3.8, 4) is 16.9 Å². The lowest BCUT2D eigenvalue weighted by atomic mass is 10.1. The summed E-state index contributed by atoms with van der Waals surface area (Å²) in [6, 6.07) is 19.4. The monoisotopic (exact) mass is 434 g/mol. The predicted octanol–water partition coefficient (Wildman–Crippen LogP) is 5.75. The Bertz CT molecular complexity index is 1240. The molecule has 0 aliphatic heterocycles. The topological polar surface area (TPSA) is 56.5 Å². The molecule has 0 atom stereocenters. The average Bonchev–Trinajstić information content (AvgIpc) is 2.69. The van der Waals surface area contributed by atoms with Gasteiger partial charge in [0.25, 0.3) is 0 Å². The number of halogens is 1. The van der Waals surface area contributed by atoms with Crippen molar-refractivity contribution in [3.63, 3.8) is 0 Å². The van der Waals surface area contributed by atoms with Gasteiger partial charge >= 0.3 is 5.97 Å². The van der Waals surface area contributed by atoms with E-state index in [-0.39, 0.29) is 5.43 Å². The van der Waals surface area contributed by atoms with Gasteiger partial charge in [-0.1, -0.05) is 45.8 Å². The fourth-order valence-corrected chi connectivity index (χ4v) is 3.20. The molecule has 0 saturated carbocycles. The Morgan fingerprint density at radius 1 is 1.00 bits per heavy atom. The van der Waals surface area contributed by atoms with Crippen LogP contribution in [0, 0.1) is 6.92 Å². The molecule has 4 rings (SSSR count). The zero-order valence-electron chi connectivity index (χ0n) is 14.9. The van der Waals surface area contributed by atoms with Crippen LogP contribution in [-0.2, 0) is 0 Å². The number of hydrogen-bond acceptors (Lipinski definition) is 4. The number of benzene rings is 3. The van der Waals surface area contributed by atoms with Crippen molar-refractivity contribution in [2.75, 3.05) is 0 Å². The largest absolute Gasteiger partial charge is 0.463 e. The Hall–Kier alpha value is -3.18. The quantitative estimate of drug-likeness (QED) is 0.304. The Morgan fingerprint density at radius 3 is 2.54 bits per heavy atom. The van der Waals surface area contributed by atoms with Crippen LogP contribution in [0.2, 0.25) is 0 Å². The van der Waals surface area contributed by atoms with Crippen molar-refractivity contribution in [1.29, 1.82) is 0 Å². The van der Waals surface area contributed by atoms with Crippen LogP contribution in [0.5, 0.6) is 5.75 Å². The molecular weight excluding hydrogens is 420 g/mol. The summed E-state index contributed by atoms with van der Waals surface area (Å²) in [7, 11) is 0. The lowest BCUT2D eigenvalue weighted by Crippen LogP contribution is -2.09. The van der Waals surface area contributed by atoms with Crippen LogP contribution in [0.4, 0.5) is 0 Å². The Morgan fingerprint density at radius 2 is 1.79 bits per heavy atom. The number of hydrogen-bond donors (Lipinski definition) is 0. The summed E-state index contributed by atoms with van der Waals surface area (Å²) in [5.41, 5.74) is 2.91. The van der Waals surface area contributed by atoms with E-state index < -0.39 is 5.97 Å². The van der Waals surface area contributed by atoms with Crippen molar-refractivity contribution >= 4 is 32.9 Å². The fourth-order valence-electron chi connectivity index (χ4n) is 2.94. The first-order valence-corrected chi connectivity index (χ1v) is 9.41. The molecule has 28 heavy (non-hydrogen) atoms. The fraction of sp³-hybridized carbons (Fsp3) is 0.0435. The normalized spacial score (nSPS) is 10.8. The summed E-state index contributed by atoms with van der Waals surface area (Å²) < 4.78 is 12.0. The van der Waals surface area contributed by atoms with E-state index in [0.717, 1.165) is 15.6 Å². The van der Waals surface area contributed by atoms with Crippen molar-refractivity contribution in [2.24, 2.45) is 0 Å². The SMILES string of the molecule is Cc1cccc(C(=O)Oc2ccc3c(=O)c(-c4ccc(Br)cc4)coc3c2)c1. The first kappa shape index (κ1) is 18.2. The lowest BCUT2D eigenvalue weighted by Gasteiger charge is -2.07. The molecule has 138 valence electrons.